The highest BCUT2D eigenvalue weighted by molar-refractivity contribution is 5.54. The molecule has 0 aliphatic carbocycles. The van der Waals surface area contributed by atoms with Gasteiger partial charge < -0.3 is 20.4 Å². The zero-order chi connectivity index (χ0) is 14.7. The molecule has 0 spiro atoms. The molecule has 0 saturated carbocycles. The van der Waals surface area contributed by atoms with Crippen LogP contribution in [0, 0.1) is 0 Å². The Kier molecular flexibility index (Phi) is 4.07. The zero-order valence-corrected chi connectivity index (χ0v) is 12.2. The summed E-state index contributed by atoms with van der Waals surface area (Å²) in [6.45, 7) is 5.86. The third kappa shape index (κ3) is 3.17. The highest BCUT2D eigenvalue weighted by Gasteiger charge is 2.13. The molecule has 7 heteroatoms. The minimum absolute atomic E-state index is 0.0227. The molecule has 7 nitrogen and oxygen atoms in total. The molecule has 1 unspecified atom stereocenters. The Balaban J connectivity index is 2.15. The maximum atomic E-state index is 5.85. The van der Waals surface area contributed by atoms with Crippen LogP contribution in [0.15, 0.2) is 18.5 Å². The molecule has 0 aromatic carbocycles. The Labute approximate surface area is 118 Å². The maximum Gasteiger partial charge on any atom is 0.239 e. The highest BCUT2D eigenvalue weighted by Crippen LogP contribution is 2.24. The molecule has 2 aromatic heterocycles. The summed E-state index contributed by atoms with van der Waals surface area (Å²) in [6.07, 6.45) is 1.69. The van der Waals surface area contributed by atoms with Gasteiger partial charge >= 0.3 is 0 Å². The predicted molar refractivity (Wildman–Crippen MR) is 77.5 cm³/mol. The lowest BCUT2D eigenvalue weighted by molar-refractivity contribution is 0.234. The van der Waals surface area contributed by atoms with E-state index in [1.165, 1.54) is 0 Å². The van der Waals surface area contributed by atoms with Gasteiger partial charge in [-0.15, -0.1) is 10.2 Å². The van der Waals surface area contributed by atoms with E-state index < -0.39 is 0 Å². The Morgan fingerprint density at radius 3 is 2.65 bits per heavy atom. The number of ether oxygens (including phenoxy) is 1. The van der Waals surface area contributed by atoms with Crippen molar-refractivity contribution in [3.63, 3.8) is 0 Å². The molecule has 20 heavy (non-hydrogen) atoms. The number of pyridine rings is 1. The van der Waals surface area contributed by atoms with Crippen molar-refractivity contribution < 1.29 is 4.74 Å². The number of hydrogen-bond acceptors (Lipinski definition) is 6. The van der Waals surface area contributed by atoms with Gasteiger partial charge in [0.15, 0.2) is 5.82 Å². The summed E-state index contributed by atoms with van der Waals surface area (Å²) in [4.78, 5) is 4.38. The fraction of sp³-hybridized carbons (Fsp3) is 0.462. The van der Waals surface area contributed by atoms with Gasteiger partial charge in [0, 0.05) is 7.05 Å². The van der Waals surface area contributed by atoms with Gasteiger partial charge in [0.2, 0.25) is 5.88 Å². The van der Waals surface area contributed by atoms with Crippen molar-refractivity contribution >= 4 is 11.5 Å². The van der Waals surface area contributed by atoms with E-state index in [2.05, 4.69) is 20.5 Å². The summed E-state index contributed by atoms with van der Waals surface area (Å²) in [5.74, 6) is 1.95. The molecule has 0 fully saturated rings. The first-order chi connectivity index (χ1) is 9.47. The Morgan fingerprint density at radius 1 is 1.30 bits per heavy atom. The Bertz CT molecular complexity index is 580. The molecule has 0 aliphatic heterocycles. The fourth-order valence-electron chi connectivity index (χ4n) is 1.82. The number of nitrogens with zero attached hydrogens (tertiary/aromatic N) is 4. The number of aryl methyl sites for hydroxylation is 1. The summed E-state index contributed by atoms with van der Waals surface area (Å²) in [7, 11) is 1.90. The molecule has 1 atom stereocenters. The van der Waals surface area contributed by atoms with E-state index >= 15 is 0 Å². The number of aromatic nitrogens is 4. The third-order valence-electron chi connectivity index (χ3n) is 2.74. The van der Waals surface area contributed by atoms with Crippen LogP contribution in [0.25, 0.3) is 0 Å². The molecular weight excluding hydrogens is 256 g/mol. The molecule has 0 saturated heterocycles. The lowest BCUT2D eigenvalue weighted by Gasteiger charge is -2.16. The summed E-state index contributed by atoms with van der Waals surface area (Å²) in [6, 6.07) is 3.57. The van der Waals surface area contributed by atoms with Gasteiger partial charge in [-0.2, -0.15) is 4.98 Å². The summed E-state index contributed by atoms with van der Waals surface area (Å²) in [5.41, 5.74) is 6.37. The largest absolute Gasteiger partial charge is 0.473 e. The van der Waals surface area contributed by atoms with E-state index in [9.17, 15) is 0 Å². The standard InChI is InChI=1S/C13H20N6O/c1-8(2)20-13-10(14)5-6-11(17-13)16-9(3)12-18-15-7-19(12)4/h5-9H,14H2,1-4H3,(H,16,17). The average molecular weight is 276 g/mol. The summed E-state index contributed by atoms with van der Waals surface area (Å²) < 4.78 is 7.43. The second kappa shape index (κ2) is 5.77. The van der Waals surface area contributed by atoms with Gasteiger partial charge in [0.25, 0.3) is 0 Å². The van der Waals surface area contributed by atoms with E-state index in [1.54, 1.807) is 12.4 Å². The van der Waals surface area contributed by atoms with Crippen LogP contribution in [0.5, 0.6) is 5.88 Å². The van der Waals surface area contributed by atoms with Crippen molar-refractivity contribution in [2.24, 2.45) is 7.05 Å². The van der Waals surface area contributed by atoms with Gasteiger partial charge in [0.1, 0.15) is 12.1 Å². The van der Waals surface area contributed by atoms with Gasteiger partial charge in [0.05, 0.1) is 17.8 Å². The van der Waals surface area contributed by atoms with E-state index in [-0.39, 0.29) is 12.1 Å². The van der Waals surface area contributed by atoms with Crippen LogP contribution >= 0.6 is 0 Å². The minimum Gasteiger partial charge on any atom is -0.473 e. The summed E-state index contributed by atoms with van der Waals surface area (Å²) in [5, 5.41) is 11.2. The van der Waals surface area contributed by atoms with Gasteiger partial charge in [-0.05, 0) is 32.9 Å². The molecule has 0 amide bonds. The average Bonchev–Trinajstić information content (AvgIpc) is 2.79. The zero-order valence-electron chi connectivity index (χ0n) is 12.2. The molecule has 2 heterocycles. The molecule has 2 aromatic rings. The van der Waals surface area contributed by atoms with Crippen LogP contribution in [0.2, 0.25) is 0 Å². The van der Waals surface area contributed by atoms with E-state index in [1.807, 2.05) is 38.5 Å². The molecule has 2 rings (SSSR count). The highest BCUT2D eigenvalue weighted by atomic mass is 16.5. The fourth-order valence-corrected chi connectivity index (χ4v) is 1.82. The van der Waals surface area contributed by atoms with E-state index in [4.69, 9.17) is 10.5 Å². The third-order valence-corrected chi connectivity index (χ3v) is 2.74. The van der Waals surface area contributed by atoms with Gasteiger partial charge in [-0.1, -0.05) is 0 Å². The molecule has 0 aliphatic rings. The summed E-state index contributed by atoms with van der Waals surface area (Å²) >= 11 is 0. The van der Waals surface area contributed by atoms with Crippen LogP contribution in [0.1, 0.15) is 32.6 Å². The first-order valence-electron chi connectivity index (χ1n) is 6.51. The van der Waals surface area contributed by atoms with Crippen molar-refractivity contribution in [2.75, 3.05) is 11.1 Å². The normalized spacial score (nSPS) is 12.4. The number of nitrogens with two attached hydrogens (primary N) is 1. The van der Waals surface area contributed by atoms with Crippen molar-refractivity contribution in [1.82, 2.24) is 19.7 Å². The van der Waals surface area contributed by atoms with Gasteiger partial charge in [-0.3, -0.25) is 0 Å². The smallest absolute Gasteiger partial charge is 0.239 e. The lowest BCUT2D eigenvalue weighted by atomic mass is 10.3. The van der Waals surface area contributed by atoms with Crippen molar-refractivity contribution in [3.8, 4) is 5.88 Å². The number of hydrogen-bond donors (Lipinski definition) is 2. The van der Waals surface area contributed by atoms with Crippen molar-refractivity contribution in [2.45, 2.75) is 32.9 Å². The first-order valence-corrected chi connectivity index (χ1v) is 6.51. The van der Waals surface area contributed by atoms with Gasteiger partial charge in [-0.25, -0.2) is 0 Å². The van der Waals surface area contributed by atoms with E-state index in [0.29, 0.717) is 17.4 Å². The predicted octanol–water partition coefficient (Wildman–Crippen LogP) is 1.75. The SMILES string of the molecule is CC(C)Oc1nc(NC(C)c2nncn2C)ccc1N. The first kappa shape index (κ1) is 14.1. The number of nitrogen functional groups attached to an aromatic ring is 1. The van der Waals surface area contributed by atoms with E-state index in [0.717, 1.165) is 5.82 Å². The van der Waals surface area contributed by atoms with Crippen LogP contribution in [-0.2, 0) is 7.05 Å². The number of rotatable bonds is 5. The van der Waals surface area contributed by atoms with Crippen LogP contribution in [0.4, 0.5) is 11.5 Å². The topological polar surface area (TPSA) is 90.9 Å². The number of nitrogens with one attached hydrogen (secondary N) is 1. The molecule has 108 valence electrons. The minimum atomic E-state index is -0.0227. The Morgan fingerprint density at radius 2 is 2.05 bits per heavy atom. The van der Waals surface area contributed by atoms with Crippen LogP contribution < -0.4 is 15.8 Å². The molecule has 3 N–H and O–H groups in total. The van der Waals surface area contributed by atoms with Crippen LogP contribution in [0.3, 0.4) is 0 Å². The van der Waals surface area contributed by atoms with Crippen LogP contribution in [-0.4, -0.2) is 25.9 Å². The monoisotopic (exact) mass is 276 g/mol. The Hall–Kier alpha value is -2.31. The molecule has 0 radical (unpaired) electrons. The maximum absolute atomic E-state index is 5.85. The number of anilines is 2. The quantitative estimate of drug-likeness (QED) is 0.864. The molecule has 0 bridgehead atoms. The second-order valence-corrected chi connectivity index (χ2v) is 4.92. The lowest BCUT2D eigenvalue weighted by Crippen LogP contribution is -2.14. The second-order valence-electron chi connectivity index (χ2n) is 4.92. The molecular formula is C13H20N6O. The van der Waals surface area contributed by atoms with Crippen molar-refractivity contribution in [3.05, 3.63) is 24.3 Å². The van der Waals surface area contributed by atoms with Crippen molar-refractivity contribution in [1.29, 1.82) is 0 Å².